The van der Waals surface area contributed by atoms with Gasteiger partial charge in [0.25, 0.3) is 0 Å². The van der Waals surface area contributed by atoms with Crippen molar-refractivity contribution < 1.29 is 4.39 Å². The van der Waals surface area contributed by atoms with Gasteiger partial charge in [0.2, 0.25) is 0 Å². The number of hydrogen-bond acceptors (Lipinski definition) is 4. The van der Waals surface area contributed by atoms with E-state index in [1.807, 2.05) is 78.5 Å². The lowest BCUT2D eigenvalue weighted by Gasteiger charge is -2.33. The molecule has 0 radical (unpaired) electrons. The molecule has 0 saturated carbocycles. The summed E-state index contributed by atoms with van der Waals surface area (Å²) in [6.45, 7) is 0. The zero-order chi connectivity index (χ0) is 39.3. The molecule has 0 unspecified atom stereocenters. The molecule has 0 amide bonds. The highest BCUT2D eigenvalue weighted by Gasteiger charge is 2.26. The maximum absolute atomic E-state index is 15.5. The molecule has 59 heavy (non-hydrogen) atoms. The molecule has 0 fully saturated rings. The fourth-order valence-electron chi connectivity index (χ4n) is 8.36. The highest BCUT2D eigenvalue weighted by Crippen LogP contribution is 2.53. The van der Waals surface area contributed by atoms with Crippen LogP contribution in [0.15, 0.2) is 216 Å². The minimum Gasteiger partial charge on any atom is -0.308 e. The van der Waals surface area contributed by atoms with Crippen LogP contribution in [0.3, 0.4) is 0 Å². The van der Waals surface area contributed by atoms with Gasteiger partial charge in [-0.05, 0) is 105 Å². The molecule has 0 saturated heterocycles. The largest absolute Gasteiger partial charge is 0.308 e. The summed E-state index contributed by atoms with van der Waals surface area (Å²) < 4.78 is 15.5. The summed E-state index contributed by atoms with van der Waals surface area (Å²) in [5.74, 6) is 0.362. The van der Waals surface area contributed by atoms with E-state index in [0.29, 0.717) is 5.82 Å². The van der Waals surface area contributed by atoms with E-state index in [9.17, 15) is 0 Å². The average molecular weight is 776 g/mol. The van der Waals surface area contributed by atoms with Gasteiger partial charge in [0, 0.05) is 31.9 Å². The second kappa shape index (κ2) is 14.6. The second-order valence-corrected chi connectivity index (χ2v) is 15.8. The summed E-state index contributed by atoms with van der Waals surface area (Å²) in [6, 6.07) is 70.6. The molecule has 9 aromatic carbocycles. The number of aromatic nitrogens is 2. The molecule has 10 aromatic rings. The molecule has 0 atom stereocenters. The van der Waals surface area contributed by atoms with Crippen LogP contribution in [0.5, 0.6) is 0 Å². The van der Waals surface area contributed by atoms with Crippen LogP contribution in [0.4, 0.5) is 21.5 Å². The summed E-state index contributed by atoms with van der Waals surface area (Å²) in [5.41, 5.74) is 11.7. The molecule has 1 aliphatic rings. The van der Waals surface area contributed by atoms with Gasteiger partial charge in [0.15, 0.2) is 5.82 Å². The van der Waals surface area contributed by atoms with Gasteiger partial charge in [0.05, 0.1) is 28.5 Å². The van der Waals surface area contributed by atoms with Crippen molar-refractivity contribution in [2.45, 2.75) is 9.79 Å². The number of hydrogen-bond donors (Lipinski definition) is 0. The van der Waals surface area contributed by atoms with Crippen molar-refractivity contribution in [2.75, 3.05) is 4.90 Å². The van der Waals surface area contributed by atoms with Crippen molar-refractivity contribution >= 4 is 50.4 Å². The van der Waals surface area contributed by atoms with Crippen LogP contribution in [-0.2, 0) is 0 Å². The van der Waals surface area contributed by atoms with Gasteiger partial charge < -0.3 is 4.90 Å². The van der Waals surface area contributed by atoms with E-state index in [0.717, 1.165) is 88.9 Å². The Balaban J connectivity index is 1.16. The van der Waals surface area contributed by atoms with Crippen LogP contribution < -0.4 is 4.90 Å². The standard InChI is InChI=1S/C54H34FN3S/c55-41-32-37-19-7-8-20-42(37)46(33-41)39-29-38(30-40(31-39)48-34-47(35-15-3-1-4-16-35)56-54(57-48)36-17-5-2-6-18-36)43-27-28-49(45-22-10-9-21-44(43)45)58-50-23-11-13-25-52(50)59-53-26-14-12-24-51(53)58/h1-34H. The summed E-state index contributed by atoms with van der Waals surface area (Å²) in [5, 5.41) is 4.08. The van der Waals surface area contributed by atoms with Gasteiger partial charge in [-0.15, -0.1) is 0 Å². The number of anilines is 3. The highest BCUT2D eigenvalue weighted by molar-refractivity contribution is 7.99. The first-order valence-electron chi connectivity index (χ1n) is 19.7. The quantitative estimate of drug-likeness (QED) is 0.168. The number of halogens is 1. The van der Waals surface area contributed by atoms with Crippen molar-refractivity contribution in [3.63, 3.8) is 0 Å². The molecule has 5 heteroatoms. The van der Waals surface area contributed by atoms with Gasteiger partial charge in [-0.2, -0.15) is 0 Å². The fourth-order valence-corrected chi connectivity index (χ4v) is 9.42. The van der Waals surface area contributed by atoms with E-state index in [4.69, 9.17) is 9.97 Å². The minimum atomic E-state index is -0.277. The SMILES string of the molecule is Fc1cc(-c2cc(-c3cc(-c4ccccc4)nc(-c4ccccc4)n3)cc(-c3ccc(N4c5ccccc5Sc5ccccc54)c4ccccc34)c2)c2ccccc2c1. The maximum Gasteiger partial charge on any atom is 0.160 e. The van der Waals surface area contributed by atoms with E-state index in [1.54, 1.807) is 12.1 Å². The van der Waals surface area contributed by atoms with Crippen molar-refractivity contribution in [3.05, 3.63) is 212 Å². The van der Waals surface area contributed by atoms with Gasteiger partial charge in [-0.25, -0.2) is 14.4 Å². The highest BCUT2D eigenvalue weighted by atomic mass is 32.2. The molecule has 0 N–H and O–H groups in total. The van der Waals surface area contributed by atoms with Crippen molar-refractivity contribution in [1.82, 2.24) is 9.97 Å². The number of fused-ring (bicyclic) bond motifs is 4. The molecule has 1 aromatic heterocycles. The van der Waals surface area contributed by atoms with Crippen molar-refractivity contribution in [2.24, 2.45) is 0 Å². The summed E-state index contributed by atoms with van der Waals surface area (Å²) in [7, 11) is 0. The van der Waals surface area contributed by atoms with E-state index >= 15 is 4.39 Å². The van der Waals surface area contributed by atoms with Crippen molar-refractivity contribution in [1.29, 1.82) is 0 Å². The van der Waals surface area contributed by atoms with Gasteiger partial charge in [-0.1, -0.05) is 151 Å². The fraction of sp³-hybridized carbons (Fsp3) is 0. The Morgan fingerprint density at radius 3 is 1.63 bits per heavy atom. The monoisotopic (exact) mass is 775 g/mol. The number of para-hydroxylation sites is 2. The molecule has 11 rings (SSSR count). The Morgan fingerprint density at radius 1 is 0.373 bits per heavy atom. The lowest BCUT2D eigenvalue weighted by molar-refractivity contribution is 0.630. The Morgan fingerprint density at radius 2 is 0.915 bits per heavy atom. The number of benzene rings is 9. The Hall–Kier alpha value is -7.34. The third kappa shape index (κ3) is 6.33. The molecule has 3 nitrogen and oxygen atoms in total. The summed E-state index contributed by atoms with van der Waals surface area (Å²) >= 11 is 1.81. The molecule has 2 heterocycles. The molecule has 0 aliphatic carbocycles. The maximum atomic E-state index is 15.5. The van der Waals surface area contributed by atoms with Gasteiger partial charge in [0.1, 0.15) is 5.82 Å². The van der Waals surface area contributed by atoms with E-state index in [-0.39, 0.29) is 5.82 Å². The van der Waals surface area contributed by atoms with Crippen LogP contribution in [0, 0.1) is 5.82 Å². The zero-order valence-corrected chi connectivity index (χ0v) is 32.6. The number of nitrogens with zero attached hydrogens (tertiary/aromatic N) is 3. The zero-order valence-electron chi connectivity index (χ0n) is 31.8. The predicted octanol–water partition coefficient (Wildman–Crippen LogP) is 15.2. The van der Waals surface area contributed by atoms with E-state index in [1.165, 1.54) is 9.79 Å². The second-order valence-electron chi connectivity index (χ2n) is 14.7. The number of rotatable bonds is 6. The van der Waals surface area contributed by atoms with E-state index in [2.05, 4.69) is 132 Å². The summed E-state index contributed by atoms with van der Waals surface area (Å²) in [6.07, 6.45) is 0. The Kier molecular flexibility index (Phi) is 8.60. The first kappa shape index (κ1) is 34.9. The average Bonchev–Trinajstić information content (AvgIpc) is 3.30. The van der Waals surface area contributed by atoms with Gasteiger partial charge >= 0.3 is 0 Å². The molecule has 278 valence electrons. The smallest absolute Gasteiger partial charge is 0.160 e. The summed E-state index contributed by atoms with van der Waals surface area (Å²) in [4.78, 5) is 15.1. The third-order valence-corrected chi connectivity index (χ3v) is 12.2. The predicted molar refractivity (Wildman–Crippen MR) is 243 cm³/mol. The van der Waals surface area contributed by atoms with Crippen LogP contribution >= 0.6 is 11.8 Å². The van der Waals surface area contributed by atoms with Crippen LogP contribution in [0.2, 0.25) is 0 Å². The van der Waals surface area contributed by atoms with Gasteiger partial charge in [-0.3, -0.25) is 0 Å². The lowest BCUT2D eigenvalue weighted by Crippen LogP contribution is -2.15. The lowest BCUT2D eigenvalue weighted by atomic mass is 9.90. The Labute approximate surface area is 346 Å². The normalized spacial score (nSPS) is 12.1. The van der Waals surface area contributed by atoms with E-state index < -0.39 is 0 Å². The first-order chi connectivity index (χ1) is 29.1. The third-order valence-electron chi connectivity index (χ3n) is 11.1. The molecular weight excluding hydrogens is 742 g/mol. The van der Waals surface area contributed by atoms with Crippen LogP contribution in [0.25, 0.3) is 77.7 Å². The minimum absolute atomic E-state index is 0.277. The Bertz CT molecular complexity index is 3120. The molecule has 1 aliphatic heterocycles. The molecule has 0 bridgehead atoms. The first-order valence-corrected chi connectivity index (χ1v) is 20.5. The van der Waals surface area contributed by atoms with Crippen molar-refractivity contribution in [3.8, 4) is 56.2 Å². The molecule has 0 spiro atoms. The molecular formula is C54H34FN3S. The topological polar surface area (TPSA) is 29.0 Å². The van der Waals surface area contributed by atoms with Crippen LogP contribution in [-0.4, -0.2) is 9.97 Å². The van der Waals surface area contributed by atoms with Crippen LogP contribution in [0.1, 0.15) is 0 Å².